The summed E-state index contributed by atoms with van der Waals surface area (Å²) in [6.45, 7) is 4.36. The lowest BCUT2D eigenvalue weighted by Crippen LogP contribution is -2.14. The number of thioether (sulfide) groups is 1. The number of carbonyl (C=O) groups excluding carboxylic acids is 1. The number of hydrogen-bond donors (Lipinski definition) is 0. The number of rotatable bonds is 8. The van der Waals surface area contributed by atoms with Crippen molar-refractivity contribution in [2.75, 3.05) is 6.61 Å². The molecule has 1 aliphatic carbocycles. The molecule has 1 fully saturated rings. The number of ketones is 1. The molecule has 5 nitrogen and oxygen atoms in total. The first-order valence-electron chi connectivity index (χ1n) is 9.72. The van der Waals surface area contributed by atoms with Crippen molar-refractivity contribution in [1.29, 1.82) is 0 Å². The smallest absolute Gasteiger partial charge is 0.192 e. The van der Waals surface area contributed by atoms with Crippen molar-refractivity contribution in [3.05, 3.63) is 59.9 Å². The van der Waals surface area contributed by atoms with E-state index in [9.17, 15) is 9.18 Å². The standard InChI is InChI=1S/C22H22FN3O2S/c1-3-28-17-12-8-15(9-13-17)20(27)14(2)29-22-25-24-21(26(22)16-10-11-16)18-6-4-5-7-19(18)23/h4-9,12-14,16H,3,10-11H2,1-2H3/t14-/m1/s1. The van der Waals surface area contributed by atoms with Crippen LogP contribution in [0, 0.1) is 5.82 Å². The molecule has 1 aromatic heterocycles. The second-order valence-corrected chi connectivity index (χ2v) is 8.28. The lowest BCUT2D eigenvalue weighted by Gasteiger charge is -2.13. The Labute approximate surface area is 173 Å². The van der Waals surface area contributed by atoms with Crippen LogP contribution in [-0.4, -0.2) is 32.4 Å². The summed E-state index contributed by atoms with van der Waals surface area (Å²) in [6.07, 6.45) is 2.02. The van der Waals surface area contributed by atoms with Crippen LogP contribution in [0.25, 0.3) is 11.4 Å². The van der Waals surface area contributed by atoms with Crippen LogP contribution < -0.4 is 4.74 Å². The molecule has 2 aromatic carbocycles. The van der Waals surface area contributed by atoms with Crippen LogP contribution in [0.1, 0.15) is 43.1 Å². The number of carbonyl (C=O) groups is 1. The molecule has 0 amide bonds. The molecule has 7 heteroatoms. The number of nitrogens with zero attached hydrogens (tertiary/aromatic N) is 3. The summed E-state index contributed by atoms with van der Waals surface area (Å²) in [5.41, 5.74) is 1.06. The first-order valence-corrected chi connectivity index (χ1v) is 10.6. The lowest BCUT2D eigenvalue weighted by molar-refractivity contribution is 0.0994. The second kappa shape index (κ2) is 8.37. The quantitative estimate of drug-likeness (QED) is 0.378. The number of Topliss-reactive ketones (excluding diaryl/α,β-unsaturated/α-hetero) is 1. The molecule has 150 valence electrons. The van der Waals surface area contributed by atoms with Gasteiger partial charge >= 0.3 is 0 Å². The van der Waals surface area contributed by atoms with Crippen molar-refractivity contribution in [2.45, 2.75) is 43.1 Å². The molecule has 29 heavy (non-hydrogen) atoms. The average molecular weight is 412 g/mol. The minimum atomic E-state index is -0.344. The topological polar surface area (TPSA) is 57.0 Å². The molecule has 0 aliphatic heterocycles. The van der Waals surface area contributed by atoms with Crippen molar-refractivity contribution < 1.29 is 13.9 Å². The van der Waals surface area contributed by atoms with Gasteiger partial charge in [0.25, 0.3) is 0 Å². The highest BCUT2D eigenvalue weighted by atomic mass is 32.2. The fraction of sp³-hybridized carbons (Fsp3) is 0.318. The molecule has 1 heterocycles. The molecule has 0 spiro atoms. The Morgan fingerprint density at radius 2 is 1.93 bits per heavy atom. The van der Waals surface area contributed by atoms with E-state index < -0.39 is 0 Å². The zero-order chi connectivity index (χ0) is 20.4. The molecule has 0 N–H and O–H groups in total. The number of halogens is 1. The predicted molar refractivity (Wildman–Crippen MR) is 111 cm³/mol. The second-order valence-electron chi connectivity index (χ2n) is 6.97. The lowest BCUT2D eigenvalue weighted by atomic mass is 10.1. The van der Waals surface area contributed by atoms with Crippen LogP contribution in [0.3, 0.4) is 0 Å². The van der Waals surface area contributed by atoms with Gasteiger partial charge in [0.15, 0.2) is 16.8 Å². The number of benzene rings is 2. The Kier molecular flexibility index (Phi) is 5.67. The Hall–Kier alpha value is -2.67. The Morgan fingerprint density at radius 3 is 2.59 bits per heavy atom. The summed E-state index contributed by atoms with van der Waals surface area (Å²) < 4.78 is 21.7. The summed E-state index contributed by atoms with van der Waals surface area (Å²) in [5, 5.41) is 8.84. The maximum atomic E-state index is 14.3. The molecule has 3 aromatic rings. The number of aromatic nitrogens is 3. The Morgan fingerprint density at radius 1 is 1.21 bits per heavy atom. The van der Waals surface area contributed by atoms with Gasteiger partial charge in [-0.1, -0.05) is 23.9 Å². The molecular formula is C22H22FN3O2S. The van der Waals surface area contributed by atoms with Crippen LogP contribution in [0.2, 0.25) is 0 Å². The molecule has 0 unspecified atom stereocenters. The van der Waals surface area contributed by atoms with Crippen molar-refractivity contribution in [1.82, 2.24) is 14.8 Å². The van der Waals surface area contributed by atoms with Gasteiger partial charge in [-0.2, -0.15) is 0 Å². The predicted octanol–water partition coefficient (Wildman–Crippen LogP) is 5.18. The molecule has 1 saturated carbocycles. The SMILES string of the molecule is CCOc1ccc(C(=O)[C@@H](C)Sc2nnc(-c3ccccc3F)n2C2CC2)cc1. The van der Waals surface area contributed by atoms with E-state index in [-0.39, 0.29) is 22.9 Å². The molecule has 4 rings (SSSR count). The summed E-state index contributed by atoms with van der Waals surface area (Å²) in [5.74, 6) is 0.953. The summed E-state index contributed by atoms with van der Waals surface area (Å²) in [4.78, 5) is 12.9. The van der Waals surface area contributed by atoms with Gasteiger partial charge in [0, 0.05) is 11.6 Å². The van der Waals surface area contributed by atoms with Crippen LogP contribution >= 0.6 is 11.8 Å². The Balaban J connectivity index is 1.56. The maximum absolute atomic E-state index is 14.3. The number of hydrogen-bond acceptors (Lipinski definition) is 5. The minimum absolute atomic E-state index is 0.0100. The van der Waals surface area contributed by atoms with Gasteiger partial charge in [0.05, 0.1) is 17.4 Å². The highest BCUT2D eigenvalue weighted by Crippen LogP contribution is 2.42. The van der Waals surface area contributed by atoms with E-state index in [0.717, 1.165) is 18.6 Å². The molecule has 1 aliphatic rings. The van der Waals surface area contributed by atoms with E-state index in [2.05, 4.69) is 10.2 Å². The van der Waals surface area contributed by atoms with Crippen molar-refractivity contribution in [3.63, 3.8) is 0 Å². The fourth-order valence-corrected chi connectivity index (χ4v) is 4.17. The maximum Gasteiger partial charge on any atom is 0.192 e. The number of ether oxygens (including phenoxy) is 1. The largest absolute Gasteiger partial charge is 0.494 e. The van der Waals surface area contributed by atoms with Crippen LogP contribution in [0.15, 0.2) is 53.7 Å². The minimum Gasteiger partial charge on any atom is -0.494 e. The molecule has 0 bridgehead atoms. The van der Waals surface area contributed by atoms with E-state index in [1.807, 2.05) is 18.4 Å². The zero-order valence-corrected chi connectivity index (χ0v) is 17.2. The fourth-order valence-electron chi connectivity index (χ4n) is 3.17. The van der Waals surface area contributed by atoms with Crippen LogP contribution in [0.5, 0.6) is 5.75 Å². The Bertz CT molecular complexity index is 1020. The van der Waals surface area contributed by atoms with Crippen LogP contribution in [-0.2, 0) is 0 Å². The third kappa shape index (κ3) is 4.19. The average Bonchev–Trinajstić information content (AvgIpc) is 3.49. The van der Waals surface area contributed by atoms with Crippen LogP contribution in [0.4, 0.5) is 4.39 Å². The van der Waals surface area contributed by atoms with Crippen molar-refractivity contribution in [3.8, 4) is 17.1 Å². The van der Waals surface area contributed by atoms with E-state index >= 15 is 0 Å². The molecule has 0 saturated heterocycles. The van der Waals surface area contributed by atoms with Gasteiger partial charge in [0.1, 0.15) is 11.6 Å². The van der Waals surface area contributed by atoms with Crippen molar-refractivity contribution >= 4 is 17.5 Å². The van der Waals surface area contributed by atoms with Gasteiger partial charge in [0.2, 0.25) is 0 Å². The van der Waals surface area contributed by atoms with Gasteiger partial charge in [-0.15, -0.1) is 10.2 Å². The summed E-state index contributed by atoms with van der Waals surface area (Å²) in [6, 6.07) is 14.0. The van der Waals surface area contributed by atoms with Crippen molar-refractivity contribution in [2.24, 2.45) is 0 Å². The van der Waals surface area contributed by atoms with Gasteiger partial charge in [-0.25, -0.2) is 4.39 Å². The van der Waals surface area contributed by atoms with E-state index in [0.29, 0.717) is 28.7 Å². The summed E-state index contributed by atoms with van der Waals surface area (Å²) in [7, 11) is 0. The monoisotopic (exact) mass is 411 g/mol. The van der Waals surface area contributed by atoms with Gasteiger partial charge < -0.3 is 4.74 Å². The van der Waals surface area contributed by atoms with Gasteiger partial charge in [-0.05, 0) is 63.1 Å². The first-order chi connectivity index (χ1) is 14.1. The molecule has 0 radical (unpaired) electrons. The van der Waals surface area contributed by atoms with E-state index in [1.54, 1.807) is 42.5 Å². The molecular weight excluding hydrogens is 389 g/mol. The zero-order valence-electron chi connectivity index (χ0n) is 16.3. The third-order valence-corrected chi connectivity index (χ3v) is 5.85. The summed E-state index contributed by atoms with van der Waals surface area (Å²) >= 11 is 1.36. The highest BCUT2D eigenvalue weighted by molar-refractivity contribution is 8.00. The molecule has 1 atom stereocenters. The highest BCUT2D eigenvalue weighted by Gasteiger charge is 2.32. The third-order valence-electron chi connectivity index (χ3n) is 4.79. The van der Waals surface area contributed by atoms with E-state index in [4.69, 9.17) is 4.74 Å². The van der Waals surface area contributed by atoms with Gasteiger partial charge in [-0.3, -0.25) is 9.36 Å². The normalized spacial score (nSPS) is 14.6. The van der Waals surface area contributed by atoms with E-state index in [1.165, 1.54) is 17.8 Å². The first kappa shape index (κ1) is 19.6.